The number of halogens is 1. The van der Waals surface area contributed by atoms with Crippen molar-refractivity contribution in [3.8, 4) is 0 Å². The van der Waals surface area contributed by atoms with E-state index in [4.69, 9.17) is 11.6 Å². The van der Waals surface area contributed by atoms with Gasteiger partial charge in [-0.25, -0.2) is 8.42 Å². The fourth-order valence-electron chi connectivity index (χ4n) is 1.31. The molecule has 1 aromatic rings. The summed E-state index contributed by atoms with van der Waals surface area (Å²) in [5.41, 5.74) is 0.552. The highest BCUT2D eigenvalue weighted by molar-refractivity contribution is 7.89. The molecular formula is C11H14ClNO4S. The number of hydrogen-bond donors (Lipinski definition) is 1. The first-order valence-electron chi connectivity index (χ1n) is 5.28. The number of ether oxygens (including phenoxy) is 1. The Kier molecular flexibility index (Phi) is 5.13. The van der Waals surface area contributed by atoms with E-state index in [0.29, 0.717) is 10.6 Å². The highest BCUT2D eigenvalue weighted by atomic mass is 35.5. The Morgan fingerprint density at radius 2 is 2.11 bits per heavy atom. The lowest BCUT2D eigenvalue weighted by Gasteiger charge is -2.09. The van der Waals surface area contributed by atoms with Crippen molar-refractivity contribution in [2.75, 3.05) is 13.2 Å². The van der Waals surface area contributed by atoms with E-state index in [1.165, 1.54) is 6.07 Å². The molecule has 0 fully saturated rings. The van der Waals surface area contributed by atoms with Crippen LogP contribution in [0.1, 0.15) is 12.5 Å². The summed E-state index contributed by atoms with van der Waals surface area (Å²) in [6.45, 7) is 3.10. The largest absolute Gasteiger partial charge is 0.465 e. The maximum atomic E-state index is 11.9. The minimum atomic E-state index is -3.76. The van der Waals surface area contributed by atoms with E-state index in [9.17, 15) is 13.2 Å². The molecule has 0 atom stereocenters. The van der Waals surface area contributed by atoms with E-state index >= 15 is 0 Å². The fraction of sp³-hybridized carbons (Fsp3) is 0.364. The number of hydrogen-bond acceptors (Lipinski definition) is 4. The lowest BCUT2D eigenvalue weighted by Crippen LogP contribution is -2.31. The normalized spacial score (nSPS) is 11.3. The van der Waals surface area contributed by atoms with E-state index in [-0.39, 0.29) is 11.5 Å². The first-order chi connectivity index (χ1) is 8.36. The lowest BCUT2D eigenvalue weighted by atomic mass is 10.2. The van der Waals surface area contributed by atoms with Crippen LogP contribution in [0.2, 0.25) is 5.02 Å². The third-order valence-corrected chi connectivity index (χ3v) is 3.93. The van der Waals surface area contributed by atoms with Crippen molar-refractivity contribution in [1.29, 1.82) is 0 Å². The van der Waals surface area contributed by atoms with Gasteiger partial charge in [0.05, 0.1) is 11.5 Å². The second-order valence-corrected chi connectivity index (χ2v) is 5.71. The Bertz CT molecular complexity index is 542. The number of aryl methyl sites for hydroxylation is 1. The quantitative estimate of drug-likeness (QED) is 0.834. The number of carbonyl (C=O) groups excluding carboxylic acids is 1. The maximum Gasteiger partial charge on any atom is 0.321 e. The summed E-state index contributed by atoms with van der Waals surface area (Å²) >= 11 is 5.75. The van der Waals surface area contributed by atoms with Crippen LogP contribution in [0.25, 0.3) is 0 Å². The molecule has 0 heterocycles. The van der Waals surface area contributed by atoms with Crippen molar-refractivity contribution < 1.29 is 17.9 Å². The SMILES string of the molecule is CCOC(=O)CNS(=O)(=O)c1cc(Cl)ccc1C. The van der Waals surface area contributed by atoms with Gasteiger partial charge in [-0.2, -0.15) is 4.72 Å². The first-order valence-corrected chi connectivity index (χ1v) is 7.14. The van der Waals surface area contributed by atoms with Crippen molar-refractivity contribution in [2.45, 2.75) is 18.7 Å². The summed E-state index contributed by atoms with van der Waals surface area (Å²) in [5.74, 6) is -0.624. The van der Waals surface area contributed by atoms with Gasteiger partial charge in [0.15, 0.2) is 0 Å². The van der Waals surface area contributed by atoms with Crippen molar-refractivity contribution >= 4 is 27.6 Å². The molecule has 1 aromatic carbocycles. The van der Waals surface area contributed by atoms with Gasteiger partial charge in [-0.1, -0.05) is 17.7 Å². The molecule has 0 unspecified atom stereocenters. The van der Waals surface area contributed by atoms with Crippen molar-refractivity contribution in [1.82, 2.24) is 4.72 Å². The average Bonchev–Trinajstić information content (AvgIpc) is 2.30. The number of benzene rings is 1. The van der Waals surface area contributed by atoms with E-state index < -0.39 is 22.5 Å². The smallest absolute Gasteiger partial charge is 0.321 e. The molecule has 1 rings (SSSR count). The van der Waals surface area contributed by atoms with Crippen molar-refractivity contribution in [3.05, 3.63) is 28.8 Å². The molecule has 0 saturated carbocycles. The monoisotopic (exact) mass is 291 g/mol. The highest BCUT2D eigenvalue weighted by Crippen LogP contribution is 2.19. The van der Waals surface area contributed by atoms with Gasteiger partial charge in [0.25, 0.3) is 0 Å². The second-order valence-electron chi connectivity index (χ2n) is 3.54. The van der Waals surface area contributed by atoms with Gasteiger partial charge in [-0.3, -0.25) is 4.79 Å². The van der Waals surface area contributed by atoms with Crippen molar-refractivity contribution in [3.63, 3.8) is 0 Å². The topological polar surface area (TPSA) is 72.5 Å². The van der Waals surface area contributed by atoms with Crippen LogP contribution < -0.4 is 4.72 Å². The molecule has 0 aliphatic carbocycles. The first kappa shape index (κ1) is 14.9. The average molecular weight is 292 g/mol. The molecule has 0 aliphatic heterocycles. The van der Waals surface area contributed by atoms with E-state index in [1.807, 2.05) is 0 Å². The van der Waals surface area contributed by atoms with E-state index in [1.54, 1.807) is 26.0 Å². The molecule has 0 saturated heterocycles. The molecule has 5 nitrogen and oxygen atoms in total. The Morgan fingerprint density at radius 1 is 1.44 bits per heavy atom. The molecule has 0 aromatic heterocycles. The summed E-state index contributed by atoms with van der Waals surface area (Å²) in [6.07, 6.45) is 0. The summed E-state index contributed by atoms with van der Waals surface area (Å²) < 4.78 is 30.7. The van der Waals surface area contributed by atoms with E-state index in [2.05, 4.69) is 9.46 Å². The third-order valence-electron chi connectivity index (χ3n) is 2.15. The van der Waals surface area contributed by atoms with Crippen molar-refractivity contribution in [2.24, 2.45) is 0 Å². The van der Waals surface area contributed by atoms with Crippen LogP contribution in [0.4, 0.5) is 0 Å². The maximum absolute atomic E-state index is 11.9. The Morgan fingerprint density at radius 3 is 2.72 bits per heavy atom. The summed E-state index contributed by atoms with van der Waals surface area (Å²) in [5, 5.41) is 0.317. The third kappa shape index (κ3) is 3.97. The number of esters is 1. The Labute approximate surface area is 111 Å². The predicted molar refractivity (Wildman–Crippen MR) is 68.0 cm³/mol. The highest BCUT2D eigenvalue weighted by Gasteiger charge is 2.18. The van der Waals surface area contributed by atoms with Gasteiger partial charge < -0.3 is 4.74 Å². The zero-order valence-corrected chi connectivity index (χ0v) is 11.6. The van der Waals surface area contributed by atoms with Crippen LogP contribution in [0.3, 0.4) is 0 Å². The second kappa shape index (κ2) is 6.17. The van der Waals surface area contributed by atoms with Gasteiger partial charge in [0.1, 0.15) is 6.54 Å². The van der Waals surface area contributed by atoms with Crippen LogP contribution in [0, 0.1) is 6.92 Å². The van der Waals surface area contributed by atoms with Gasteiger partial charge >= 0.3 is 5.97 Å². The molecule has 0 bridgehead atoms. The fourth-order valence-corrected chi connectivity index (χ4v) is 2.78. The standard InChI is InChI=1S/C11H14ClNO4S/c1-3-17-11(14)7-13-18(15,16)10-6-9(12)5-4-8(10)2/h4-6,13H,3,7H2,1-2H3. The van der Waals surface area contributed by atoms with Crippen LogP contribution in [-0.2, 0) is 19.6 Å². The molecule has 0 amide bonds. The summed E-state index contributed by atoms with van der Waals surface area (Å²) in [4.78, 5) is 11.2. The molecule has 0 radical (unpaired) electrons. The van der Waals surface area contributed by atoms with Crippen LogP contribution in [0.15, 0.2) is 23.1 Å². The lowest BCUT2D eigenvalue weighted by molar-refractivity contribution is -0.141. The minimum absolute atomic E-state index is 0.0549. The summed E-state index contributed by atoms with van der Waals surface area (Å²) in [7, 11) is -3.76. The predicted octanol–water partition coefficient (Wildman–Crippen LogP) is 1.49. The number of sulfonamides is 1. The minimum Gasteiger partial charge on any atom is -0.465 e. The van der Waals surface area contributed by atoms with Gasteiger partial charge in [0, 0.05) is 5.02 Å². The molecular weight excluding hydrogens is 278 g/mol. The molecule has 1 N–H and O–H groups in total. The zero-order valence-electron chi connectivity index (χ0n) is 10.1. The van der Waals surface area contributed by atoms with Gasteiger partial charge in [0.2, 0.25) is 10.0 Å². The van der Waals surface area contributed by atoms with Gasteiger partial charge in [-0.05, 0) is 31.5 Å². The zero-order chi connectivity index (χ0) is 13.8. The number of carbonyl (C=O) groups is 1. The van der Waals surface area contributed by atoms with Gasteiger partial charge in [-0.15, -0.1) is 0 Å². The number of nitrogens with one attached hydrogen (secondary N) is 1. The molecule has 0 spiro atoms. The van der Waals surface area contributed by atoms with E-state index in [0.717, 1.165) is 0 Å². The summed E-state index contributed by atoms with van der Waals surface area (Å²) in [6, 6.07) is 4.53. The van der Waals surface area contributed by atoms with Crippen LogP contribution >= 0.6 is 11.6 Å². The molecule has 100 valence electrons. The van der Waals surface area contributed by atoms with Crippen LogP contribution in [-0.4, -0.2) is 27.5 Å². The van der Waals surface area contributed by atoms with Crippen LogP contribution in [0.5, 0.6) is 0 Å². The number of rotatable bonds is 5. The molecule has 0 aliphatic rings. The molecule has 18 heavy (non-hydrogen) atoms. The Balaban J connectivity index is 2.87. The Hall–Kier alpha value is -1.11. The molecule has 7 heteroatoms.